The highest BCUT2D eigenvalue weighted by Gasteiger charge is 2.34. The van der Waals surface area contributed by atoms with Crippen molar-refractivity contribution in [3.05, 3.63) is 59.7 Å². The second-order valence-corrected chi connectivity index (χ2v) is 11.5. The highest BCUT2D eigenvalue weighted by molar-refractivity contribution is 7.91. The van der Waals surface area contributed by atoms with Crippen molar-refractivity contribution in [1.82, 2.24) is 4.90 Å². The lowest BCUT2D eigenvalue weighted by molar-refractivity contribution is -0.138. The molecule has 0 aromatic heterocycles. The molecule has 1 unspecified atom stereocenters. The average molecular weight is 543 g/mol. The molecule has 0 aliphatic carbocycles. The van der Waals surface area contributed by atoms with E-state index in [1.165, 1.54) is 23.1 Å². The summed E-state index contributed by atoms with van der Waals surface area (Å²) in [5.74, 6) is -3.31. The maximum absolute atomic E-state index is 13.7. The number of nitrogens with two attached hydrogens (primary N) is 3. The lowest BCUT2D eigenvalue weighted by Gasteiger charge is -2.34. The van der Waals surface area contributed by atoms with Gasteiger partial charge in [0.15, 0.2) is 9.84 Å². The van der Waals surface area contributed by atoms with E-state index in [2.05, 4.69) is 5.32 Å². The van der Waals surface area contributed by atoms with Gasteiger partial charge in [-0.3, -0.25) is 19.8 Å². The van der Waals surface area contributed by atoms with Crippen molar-refractivity contribution in [2.24, 2.45) is 29.0 Å². The van der Waals surface area contributed by atoms with Crippen LogP contribution in [-0.4, -0.2) is 62.3 Å². The predicted octanol–water partition coefficient (Wildman–Crippen LogP) is 0.614. The highest BCUT2D eigenvalue weighted by Crippen LogP contribution is 2.25. The number of nitrogens with one attached hydrogen (secondary N) is 2. The Morgan fingerprint density at radius 3 is 2.53 bits per heavy atom. The molecule has 8 N–H and O–H groups in total. The molecule has 1 heterocycles. The van der Waals surface area contributed by atoms with Crippen LogP contribution in [0.1, 0.15) is 30.4 Å². The van der Waals surface area contributed by atoms with E-state index in [0.29, 0.717) is 36.2 Å². The number of piperidine rings is 1. The number of likely N-dealkylation sites (tertiary alicyclic amines) is 1. The molecule has 1 saturated heterocycles. The van der Waals surface area contributed by atoms with Gasteiger partial charge in [-0.05, 0) is 49.1 Å². The van der Waals surface area contributed by atoms with Crippen LogP contribution in [0.15, 0.2) is 53.4 Å². The molecule has 0 saturated carbocycles. The first-order chi connectivity index (χ1) is 18.0. The third-order valence-electron chi connectivity index (χ3n) is 6.47. The first kappa shape index (κ1) is 28.8. The number of nitrogen functional groups attached to an aromatic ring is 1. The molecule has 12 heteroatoms. The monoisotopic (exact) mass is 542 g/mol. The molecule has 1 fully saturated rings. The second-order valence-electron chi connectivity index (χ2n) is 9.44. The van der Waals surface area contributed by atoms with E-state index in [1.807, 2.05) is 0 Å². The number of hydrogen-bond donors (Lipinski definition) is 5. The summed E-state index contributed by atoms with van der Waals surface area (Å²) in [6.45, 7) is 0.696. The van der Waals surface area contributed by atoms with Gasteiger partial charge in [-0.2, -0.15) is 0 Å². The first-order valence-corrected chi connectivity index (χ1v) is 14.0. The third kappa shape index (κ3) is 7.62. The van der Waals surface area contributed by atoms with Gasteiger partial charge in [0.1, 0.15) is 5.84 Å². The van der Waals surface area contributed by atoms with E-state index in [1.54, 1.807) is 30.3 Å². The Morgan fingerprint density at radius 1 is 1.11 bits per heavy atom. The van der Waals surface area contributed by atoms with Crippen LogP contribution in [0.2, 0.25) is 0 Å². The SMILES string of the molecule is N=C(N)c1cccc(C[C@H](CS(=O)(=O)c2cccc(NC(=O)CCN)c2)C(=O)N2CCCC(C(N)=O)C2)c1. The molecule has 0 spiro atoms. The van der Waals surface area contributed by atoms with Crippen LogP contribution in [0.4, 0.5) is 5.69 Å². The van der Waals surface area contributed by atoms with Gasteiger partial charge in [0, 0.05) is 37.3 Å². The fourth-order valence-corrected chi connectivity index (χ4v) is 6.09. The van der Waals surface area contributed by atoms with Gasteiger partial charge in [-0.15, -0.1) is 0 Å². The van der Waals surface area contributed by atoms with Gasteiger partial charge >= 0.3 is 0 Å². The number of carbonyl (C=O) groups excluding carboxylic acids is 3. The van der Waals surface area contributed by atoms with E-state index < -0.39 is 33.3 Å². The van der Waals surface area contributed by atoms with E-state index >= 15 is 0 Å². The Bertz CT molecular complexity index is 1310. The van der Waals surface area contributed by atoms with Crippen LogP contribution in [0.25, 0.3) is 0 Å². The standard InChI is InChI=1S/C26H34N6O5S/c27-10-9-23(33)31-21-7-2-8-22(14-21)38(36,37)16-20(13-17-4-1-5-18(12-17)24(28)29)26(35)32-11-3-6-19(15-32)25(30)34/h1-2,4-5,7-8,12,14,19-20H,3,6,9-11,13,15-16,27H2,(H3,28,29)(H2,30,34)(H,31,33)/t19?,20-/m1/s1. The van der Waals surface area contributed by atoms with Crippen molar-refractivity contribution in [2.75, 3.05) is 30.7 Å². The van der Waals surface area contributed by atoms with Crippen LogP contribution >= 0.6 is 0 Å². The highest BCUT2D eigenvalue weighted by atomic mass is 32.2. The van der Waals surface area contributed by atoms with Crippen LogP contribution in [0, 0.1) is 17.2 Å². The maximum atomic E-state index is 13.7. The molecule has 3 rings (SSSR count). The zero-order valence-corrected chi connectivity index (χ0v) is 21.9. The lowest BCUT2D eigenvalue weighted by Crippen LogP contribution is -2.47. The molecule has 0 bridgehead atoms. The minimum atomic E-state index is -3.97. The molecule has 38 heavy (non-hydrogen) atoms. The van der Waals surface area contributed by atoms with Crippen LogP contribution in [-0.2, 0) is 30.6 Å². The van der Waals surface area contributed by atoms with Crippen molar-refractivity contribution < 1.29 is 22.8 Å². The summed E-state index contributed by atoms with van der Waals surface area (Å²) in [5.41, 5.74) is 17.9. The number of amidine groups is 1. The Hall–Kier alpha value is -3.77. The van der Waals surface area contributed by atoms with Crippen molar-refractivity contribution >= 4 is 39.1 Å². The lowest BCUT2D eigenvalue weighted by atomic mass is 9.94. The Morgan fingerprint density at radius 2 is 1.84 bits per heavy atom. The van der Waals surface area contributed by atoms with E-state index in [4.69, 9.17) is 22.6 Å². The van der Waals surface area contributed by atoms with Crippen molar-refractivity contribution in [1.29, 1.82) is 5.41 Å². The van der Waals surface area contributed by atoms with Gasteiger partial charge in [-0.25, -0.2) is 8.42 Å². The Balaban J connectivity index is 1.90. The fraction of sp³-hybridized carbons (Fsp3) is 0.385. The first-order valence-electron chi connectivity index (χ1n) is 12.3. The molecule has 204 valence electrons. The van der Waals surface area contributed by atoms with Gasteiger partial charge in [0.2, 0.25) is 17.7 Å². The largest absolute Gasteiger partial charge is 0.384 e. The number of rotatable bonds is 11. The zero-order valence-electron chi connectivity index (χ0n) is 21.1. The minimum absolute atomic E-state index is 0.0352. The smallest absolute Gasteiger partial charge is 0.227 e. The van der Waals surface area contributed by atoms with E-state index in [-0.39, 0.29) is 48.5 Å². The summed E-state index contributed by atoms with van der Waals surface area (Å²) in [5, 5.41) is 10.3. The predicted molar refractivity (Wildman–Crippen MR) is 144 cm³/mol. The van der Waals surface area contributed by atoms with Gasteiger partial charge in [0.05, 0.1) is 22.5 Å². The summed E-state index contributed by atoms with van der Waals surface area (Å²) >= 11 is 0. The molecule has 2 aromatic carbocycles. The Kier molecular flexibility index (Phi) is 9.59. The van der Waals surface area contributed by atoms with Gasteiger partial charge < -0.3 is 27.4 Å². The number of carbonyl (C=O) groups is 3. The summed E-state index contributed by atoms with van der Waals surface area (Å²) < 4.78 is 27.0. The van der Waals surface area contributed by atoms with Crippen molar-refractivity contribution in [2.45, 2.75) is 30.6 Å². The minimum Gasteiger partial charge on any atom is -0.384 e. The van der Waals surface area contributed by atoms with Gasteiger partial charge in [0.25, 0.3) is 0 Å². The summed E-state index contributed by atoms with van der Waals surface area (Å²) in [4.78, 5) is 38.8. The molecule has 2 atom stereocenters. The van der Waals surface area contributed by atoms with Crippen LogP contribution < -0.4 is 22.5 Å². The fourth-order valence-electron chi connectivity index (χ4n) is 4.52. The summed E-state index contributed by atoms with van der Waals surface area (Å²) in [7, 11) is -3.97. The molecular formula is C26H34N6O5S. The van der Waals surface area contributed by atoms with Crippen molar-refractivity contribution in [3.8, 4) is 0 Å². The normalized spacial score (nSPS) is 16.4. The Labute approximate surface area is 222 Å². The van der Waals surface area contributed by atoms with E-state index in [0.717, 1.165) is 0 Å². The number of amides is 3. The number of primary amides is 1. The average Bonchev–Trinajstić information content (AvgIpc) is 2.88. The molecule has 2 aromatic rings. The molecule has 1 aliphatic rings. The topological polar surface area (TPSA) is 203 Å². The van der Waals surface area contributed by atoms with Crippen LogP contribution in [0.3, 0.4) is 0 Å². The molecule has 3 amide bonds. The quantitative estimate of drug-likeness (QED) is 0.202. The third-order valence-corrected chi connectivity index (χ3v) is 8.29. The van der Waals surface area contributed by atoms with Crippen molar-refractivity contribution in [3.63, 3.8) is 0 Å². The number of benzene rings is 2. The number of hydrogen-bond acceptors (Lipinski definition) is 7. The number of nitrogens with zero attached hydrogens (tertiary/aromatic N) is 1. The van der Waals surface area contributed by atoms with Crippen LogP contribution in [0.5, 0.6) is 0 Å². The molecule has 11 nitrogen and oxygen atoms in total. The number of sulfone groups is 1. The molecule has 1 aliphatic heterocycles. The second kappa shape index (κ2) is 12.7. The molecular weight excluding hydrogens is 508 g/mol. The molecule has 0 radical (unpaired) electrons. The number of anilines is 1. The van der Waals surface area contributed by atoms with E-state index in [9.17, 15) is 22.8 Å². The van der Waals surface area contributed by atoms with Gasteiger partial charge in [-0.1, -0.05) is 24.3 Å². The maximum Gasteiger partial charge on any atom is 0.227 e. The zero-order chi connectivity index (χ0) is 27.9. The summed E-state index contributed by atoms with van der Waals surface area (Å²) in [6.07, 6.45) is 1.34. The summed E-state index contributed by atoms with van der Waals surface area (Å²) in [6, 6.07) is 12.6.